The van der Waals surface area contributed by atoms with Crippen LogP contribution in [0.4, 0.5) is 24.5 Å². The molecule has 6 nitrogen and oxygen atoms in total. The van der Waals surface area contributed by atoms with E-state index in [2.05, 4.69) is 32.6 Å². The number of alkyl halides is 3. The van der Waals surface area contributed by atoms with E-state index in [-0.39, 0.29) is 5.69 Å². The molecular formula is C16H14F3IN2O4S. The SMILES string of the molecule is CS(=O)(=O)N(CC(=O)Nc1ccc(OC(F)(F)F)cc1)c1ccc(I)cc1. The minimum absolute atomic E-state index is 0.200. The highest BCUT2D eigenvalue weighted by Gasteiger charge is 2.31. The Hall–Kier alpha value is -2.02. The van der Waals surface area contributed by atoms with Gasteiger partial charge < -0.3 is 10.1 Å². The van der Waals surface area contributed by atoms with Crippen LogP contribution in [0.5, 0.6) is 5.75 Å². The number of rotatable bonds is 6. The maximum atomic E-state index is 12.2. The molecule has 2 aromatic carbocycles. The summed E-state index contributed by atoms with van der Waals surface area (Å²) in [4.78, 5) is 12.2. The van der Waals surface area contributed by atoms with Crippen LogP contribution < -0.4 is 14.4 Å². The zero-order chi connectivity index (χ0) is 20.2. The smallest absolute Gasteiger partial charge is 0.406 e. The molecule has 0 heterocycles. The van der Waals surface area contributed by atoms with Crippen LogP contribution in [-0.2, 0) is 14.8 Å². The highest BCUT2D eigenvalue weighted by molar-refractivity contribution is 14.1. The summed E-state index contributed by atoms with van der Waals surface area (Å²) in [5.41, 5.74) is 0.521. The number of halogens is 4. The van der Waals surface area contributed by atoms with Gasteiger partial charge in [-0.2, -0.15) is 0 Å². The van der Waals surface area contributed by atoms with Crippen LogP contribution in [0.3, 0.4) is 0 Å². The van der Waals surface area contributed by atoms with Crippen LogP contribution in [0.25, 0.3) is 0 Å². The largest absolute Gasteiger partial charge is 0.573 e. The maximum Gasteiger partial charge on any atom is 0.573 e. The van der Waals surface area contributed by atoms with E-state index in [1.807, 2.05) is 0 Å². The van der Waals surface area contributed by atoms with Gasteiger partial charge >= 0.3 is 6.36 Å². The molecule has 0 atom stereocenters. The molecule has 0 saturated carbocycles. The van der Waals surface area contributed by atoms with Gasteiger partial charge in [0.15, 0.2) is 0 Å². The number of anilines is 2. The zero-order valence-corrected chi connectivity index (χ0v) is 16.8. The Morgan fingerprint density at radius 2 is 1.67 bits per heavy atom. The fourth-order valence-corrected chi connectivity index (χ4v) is 3.29. The lowest BCUT2D eigenvalue weighted by Crippen LogP contribution is -2.37. The molecule has 146 valence electrons. The third-order valence-corrected chi connectivity index (χ3v) is 5.03. The van der Waals surface area contributed by atoms with Crippen molar-refractivity contribution in [2.24, 2.45) is 0 Å². The topological polar surface area (TPSA) is 75.7 Å². The number of nitrogens with one attached hydrogen (secondary N) is 1. The Labute approximate surface area is 167 Å². The first-order valence-corrected chi connectivity index (χ1v) is 10.3. The molecule has 0 aliphatic rings. The van der Waals surface area contributed by atoms with E-state index in [1.165, 1.54) is 12.1 Å². The van der Waals surface area contributed by atoms with Crippen LogP contribution in [0.2, 0.25) is 0 Å². The van der Waals surface area contributed by atoms with Gasteiger partial charge in [0.05, 0.1) is 11.9 Å². The van der Waals surface area contributed by atoms with Gasteiger partial charge in [-0.3, -0.25) is 9.10 Å². The summed E-state index contributed by atoms with van der Waals surface area (Å²) in [7, 11) is -3.72. The summed E-state index contributed by atoms with van der Waals surface area (Å²) in [5, 5.41) is 2.43. The van der Waals surface area contributed by atoms with Crippen LogP contribution >= 0.6 is 22.6 Å². The average Bonchev–Trinajstić information content (AvgIpc) is 2.53. The third-order valence-electron chi connectivity index (χ3n) is 3.17. The second-order valence-electron chi connectivity index (χ2n) is 5.37. The van der Waals surface area contributed by atoms with Gasteiger partial charge in [-0.25, -0.2) is 8.42 Å². The Morgan fingerprint density at radius 1 is 1.11 bits per heavy atom. The number of ether oxygens (including phenoxy) is 1. The Morgan fingerprint density at radius 3 is 2.15 bits per heavy atom. The quantitative estimate of drug-likeness (QED) is 0.599. The zero-order valence-electron chi connectivity index (χ0n) is 13.8. The van der Waals surface area contributed by atoms with Crippen molar-refractivity contribution in [3.05, 3.63) is 52.1 Å². The first kappa shape index (κ1) is 21.3. The molecule has 27 heavy (non-hydrogen) atoms. The normalized spacial score (nSPS) is 11.7. The molecule has 0 unspecified atom stereocenters. The molecule has 0 bridgehead atoms. The summed E-state index contributed by atoms with van der Waals surface area (Å²) < 4.78 is 66.0. The highest BCUT2D eigenvalue weighted by atomic mass is 127. The van der Waals surface area contributed by atoms with Gasteiger partial charge in [0.25, 0.3) is 0 Å². The fraction of sp³-hybridized carbons (Fsp3) is 0.188. The number of carbonyl (C=O) groups excluding carboxylic acids is 1. The molecule has 0 fully saturated rings. The van der Waals surface area contributed by atoms with Crippen molar-refractivity contribution >= 4 is 49.9 Å². The van der Waals surface area contributed by atoms with Gasteiger partial charge in [0.1, 0.15) is 12.3 Å². The molecule has 2 aromatic rings. The first-order chi connectivity index (χ1) is 12.4. The minimum atomic E-state index is -4.81. The number of hydrogen-bond donors (Lipinski definition) is 1. The first-order valence-electron chi connectivity index (χ1n) is 7.33. The second kappa shape index (κ2) is 8.33. The van der Waals surface area contributed by atoms with Crippen LogP contribution in [0.15, 0.2) is 48.5 Å². The van der Waals surface area contributed by atoms with Crippen LogP contribution in [-0.4, -0.2) is 33.5 Å². The van der Waals surface area contributed by atoms with E-state index >= 15 is 0 Å². The molecule has 0 aliphatic heterocycles. The van der Waals surface area contributed by atoms with E-state index < -0.39 is 34.6 Å². The van der Waals surface area contributed by atoms with E-state index in [4.69, 9.17) is 0 Å². The molecule has 0 aliphatic carbocycles. The van der Waals surface area contributed by atoms with E-state index in [0.717, 1.165) is 26.3 Å². The van der Waals surface area contributed by atoms with Crippen molar-refractivity contribution in [2.75, 3.05) is 22.4 Å². The summed E-state index contributed by atoms with van der Waals surface area (Å²) in [6.07, 6.45) is -3.84. The van der Waals surface area contributed by atoms with Crippen molar-refractivity contribution in [1.82, 2.24) is 0 Å². The van der Waals surface area contributed by atoms with Gasteiger partial charge in [0, 0.05) is 9.26 Å². The van der Waals surface area contributed by atoms with Crippen molar-refractivity contribution in [1.29, 1.82) is 0 Å². The third kappa shape index (κ3) is 6.90. The van der Waals surface area contributed by atoms with E-state index in [1.54, 1.807) is 24.3 Å². The van der Waals surface area contributed by atoms with Crippen molar-refractivity contribution in [2.45, 2.75) is 6.36 Å². The molecular weight excluding hydrogens is 500 g/mol. The summed E-state index contributed by atoms with van der Waals surface area (Å²) in [6.45, 7) is -0.486. The molecule has 0 aromatic heterocycles. The Balaban J connectivity index is 2.09. The number of hydrogen-bond acceptors (Lipinski definition) is 4. The minimum Gasteiger partial charge on any atom is -0.406 e. The molecule has 1 N–H and O–H groups in total. The molecule has 2 rings (SSSR count). The molecule has 0 saturated heterocycles. The van der Waals surface area contributed by atoms with E-state index in [9.17, 15) is 26.4 Å². The summed E-state index contributed by atoms with van der Waals surface area (Å²) in [5.74, 6) is -1.08. The molecule has 11 heteroatoms. The number of sulfonamides is 1. The Bertz CT molecular complexity index is 901. The highest BCUT2D eigenvalue weighted by Crippen LogP contribution is 2.24. The van der Waals surface area contributed by atoms with Crippen molar-refractivity contribution in [3.63, 3.8) is 0 Å². The number of benzene rings is 2. The maximum absolute atomic E-state index is 12.2. The van der Waals surface area contributed by atoms with Crippen molar-refractivity contribution in [3.8, 4) is 5.75 Å². The van der Waals surface area contributed by atoms with Crippen LogP contribution in [0.1, 0.15) is 0 Å². The lowest BCUT2D eigenvalue weighted by molar-refractivity contribution is -0.274. The fourth-order valence-electron chi connectivity index (χ4n) is 2.08. The standard InChI is InChI=1S/C16H14F3IN2O4S/c1-27(24,25)22(13-6-2-11(20)3-7-13)10-15(23)21-12-4-8-14(9-5-12)26-16(17,18)19/h2-9H,10H2,1H3,(H,21,23). The predicted molar refractivity (Wildman–Crippen MR) is 103 cm³/mol. The van der Waals surface area contributed by atoms with Gasteiger partial charge in [-0.1, -0.05) is 0 Å². The monoisotopic (exact) mass is 514 g/mol. The summed E-state index contributed by atoms with van der Waals surface area (Å²) >= 11 is 2.06. The average molecular weight is 514 g/mol. The van der Waals surface area contributed by atoms with Crippen molar-refractivity contribution < 1.29 is 31.1 Å². The molecule has 0 radical (unpaired) electrons. The summed E-state index contributed by atoms with van der Waals surface area (Å²) in [6, 6.07) is 11.0. The van der Waals surface area contributed by atoms with Gasteiger partial charge in [0.2, 0.25) is 15.9 Å². The number of nitrogens with zero attached hydrogens (tertiary/aromatic N) is 1. The van der Waals surface area contributed by atoms with E-state index in [0.29, 0.717) is 5.69 Å². The second-order valence-corrected chi connectivity index (χ2v) is 8.52. The lowest BCUT2D eigenvalue weighted by atomic mass is 10.3. The number of amides is 1. The molecule has 0 spiro atoms. The molecule has 1 amide bonds. The lowest BCUT2D eigenvalue weighted by Gasteiger charge is -2.22. The predicted octanol–water partition coefficient (Wildman–Crippen LogP) is 3.59. The van der Waals surface area contributed by atoms with Gasteiger partial charge in [-0.05, 0) is 71.1 Å². The Kier molecular flexibility index (Phi) is 6.57. The number of carbonyl (C=O) groups is 1. The van der Waals surface area contributed by atoms with Crippen LogP contribution in [0, 0.1) is 3.57 Å². The van der Waals surface area contributed by atoms with Gasteiger partial charge in [-0.15, -0.1) is 13.2 Å².